The van der Waals surface area contributed by atoms with E-state index in [1.54, 1.807) is 32.3 Å². The van der Waals surface area contributed by atoms with E-state index in [1.807, 2.05) is 6.92 Å². The molecule has 0 aliphatic heterocycles. The Hall–Kier alpha value is -1.60. The number of amides is 1. The van der Waals surface area contributed by atoms with E-state index in [-0.39, 0.29) is 17.3 Å². The summed E-state index contributed by atoms with van der Waals surface area (Å²) in [7, 11) is 2.84. The smallest absolute Gasteiger partial charge is 0.242 e. The van der Waals surface area contributed by atoms with Gasteiger partial charge in [-0.1, -0.05) is 6.07 Å². The molecular formula is C13H21N3O3S. The lowest BCUT2D eigenvalue weighted by atomic mass is 10.2. The first-order valence-electron chi connectivity index (χ1n) is 6.13. The summed E-state index contributed by atoms with van der Waals surface area (Å²) < 4.78 is 25.3. The number of anilines is 1. The molecule has 1 amide bonds. The van der Waals surface area contributed by atoms with Crippen molar-refractivity contribution in [1.82, 2.24) is 9.21 Å². The van der Waals surface area contributed by atoms with Gasteiger partial charge in [-0.05, 0) is 24.6 Å². The molecule has 0 fully saturated rings. The van der Waals surface area contributed by atoms with Crippen molar-refractivity contribution in [1.29, 1.82) is 0 Å². The zero-order chi connectivity index (χ0) is 15.5. The number of likely N-dealkylation sites (N-methyl/N-ethyl adjacent to an activating group) is 1. The van der Waals surface area contributed by atoms with E-state index in [9.17, 15) is 13.2 Å². The summed E-state index contributed by atoms with van der Waals surface area (Å²) in [6.45, 7) is 1.98. The maximum Gasteiger partial charge on any atom is 0.242 e. The minimum Gasteiger partial charge on any atom is -0.376 e. The normalized spacial score (nSPS) is 11.5. The van der Waals surface area contributed by atoms with Gasteiger partial charge >= 0.3 is 0 Å². The van der Waals surface area contributed by atoms with E-state index in [0.29, 0.717) is 5.69 Å². The first kappa shape index (κ1) is 16.5. The number of nitrogens with one attached hydrogen (secondary N) is 1. The minimum absolute atomic E-state index is 0.0785. The number of benzene rings is 1. The fraction of sp³-hybridized carbons (Fsp3) is 0.462. The molecule has 6 nitrogen and oxygen atoms in total. The van der Waals surface area contributed by atoms with Gasteiger partial charge in [-0.25, -0.2) is 12.7 Å². The summed E-state index contributed by atoms with van der Waals surface area (Å²) in [5, 5.41) is 2.97. The maximum absolute atomic E-state index is 12.1. The lowest BCUT2D eigenvalue weighted by molar-refractivity contribution is -0.126. The van der Waals surface area contributed by atoms with Gasteiger partial charge < -0.3 is 10.2 Å². The van der Waals surface area contributed by atoms with Crippen LogP contribution in [0.15, 0.2) is 23.1 Å². The van der Waals surface area contributed by atoms with Gasteiger partial charge in [0, 0.05) is 33.9 Å². The van der Waals surface area contributed by atoms with Crippen LogP contribution in [0.4, 0.5) is 5.69 Å². The Bertz CT molecular complexity index is 595. The standard InChI is InChI=1S/C13H21N3O3S/c1-10-6-7-11(20(18,19)16(4)5)8-12(10)14-9-13(17)15(2)3/h6-8,14H,9H2,1-5H3. The molecule has 0 saturated carbocycles. The molecule has 1 aromatic carbocycles. The van der Waals surface area contributed by atoms with Crippen molar-refractivity contribution in [2.24, 2.45) is 0 Å². The van der Waals surface area contributed by atoms with Crippen LogP contribution in [0.1, 0.15) is 5.56 Å². The number of nitrogens with zero attached hydrogens (tertiary/aromatic N) is 2. The van der Waals surface area contributed by atoms with Gasteiger partial charge in [0.05, 0.1) is 11.4 Å². The van der Waals surface area contributed by atoms with Crippen LogP contribution in [-0.4, -0.2) is 58.3 Å². The molecule has 112 valence electrons. The molecule has 0 heterocycles. The van der Waals surface area contributed by atoms with Gasteiger partial charge in [0.15, 0.2) is 0 Å². The Morgan fingerprint density at radius 3 is 2.30 bits per heavy atom. The zero-order valence-corrected chi connectivity index (χ0v) is 13.3. The lowest BCUT2D eigenvalue weighted by Crippen LogP contribution is -2.29. The second-order valence-electron chi connectivity index (χ2n) is 4.91. The molecule has 1 aromatic rings. The summed E-state index contributed by atoms with van der Waals surface area (Å²) in [5.41, 5.74) is 1.53. The number of carbonyl (C=O) groups is 1. The third kappa shape index (κ3) is 3.71. The second-order valence-corrected chi connectivity index (χ2v) is 7.06. The third-order valence-electron chi connectivity index (χ3n) is 2.92. The first-order valence-corrected chi connectivity index (χ1v) is 7.57. The Kier molecular flexibility index (Phi) is 5.13. The summed E-state index contributed by atoms with van der Waals surface area (Å²) in [6.07, 6.45) is 0. The number of sulfonamides is 1. The van der Waals surface area contributed by atoms with E-state index in [0.717, 1.165) is 9.87 Å². The molecule has 1 N–H and O–H groups in total. The molecule has 0 bridgehead atoms. The molecule has 0 unspecified atom stereocenters. The summed E-state index contributed by atoms with van der Waals surface area (Å²) in [6, 6.07) is 4.83. The Labute approximate surface area is 120 Å². The quantitative estimate of drug-likeness (QED) is 0.871. The fourth-order valence-corrected chi connectivity index (χ4v) is 2.42. The molecule has 20 heavy (non-hydrogen) atoms. The fourth-order valence-electron chi connectivity index (χ4n) is 1.49. The molecular weight excluding hydrogens is 278 g/mol. The monoisotopic (exact) mass is 299 g/mol. The first-order chi connectivity index (χ1) is 9.16. The van der Waals surface area contributed by atoms with E-state index in [2.05, 4.69) is 5.32 Å². The highest BCUT2D eigenvalue weighted by atomic mass is 32.2. The largest absolute Gasteiger partial charge is 0.376 e. The van der Waals surface area contributed by atoms with E-state index < -0.39 is 10.0 Å². The molecule has 1 rings (SSSR count). The second kappa shape index (κ2) is 6.23. The summed E-state index contributed by atoms with van der Waals surface area (Å²) >= 11 is 0. The van der Waals surface area contributed by atoms with Gasteiger partial charge in [-0.15, -0.1) is 0 Å². The van der Waals surface area contributed by atoms with Crippen LogP contribution in [-0.2, 0) is 14.8 Å². The van der Waals surface area contributed by atoms with Crippen LogP contribution >= 0.6 is 0 Å². The minimum atomic E-state index is -3.47. The average Bonchev–Trinajstić information content (AvgIpc) is 2.36. The molecule has 0 aliphatic rings. The van der Waals surface area contributed by atoms with E-state index >= 15 is 0 Å². The molecule has 0 aromatic heterocycles. The highest BCUT2D eigenvalue weighted by Gasteiger charge is 2.18. The lowest BCUT2D eigenvalue weighted by Gasteiger charge is -2.16. The van der Waals surface area contributed by atoms with Crippen LogP contribution in [0.3, 0.4) is 0 Å². The van der Waals surface area contributed by atoms with Crippen molar-refractivity contribution in [2.75, 3.05) is 40.1 Å². The van der Waals surface area contributed by atoms with Gasteiger partial charge in [0.1, 0.15) is 0 Å². The van der Waals surface area contributed by atoms with Gasteiger partial charge in [-0.2, -0.15) is 0 Å². The van der Waals surface area contributed by atoms with Crippen molar-refractivity contribution in [3.63, 3.8) is 0 Å². The Morgan fingerprint density at radius 2 is 1.80 bits per heavy atom. The molecule has 0 atom stereocenters. The van der Waals surface area contributed by atoms with Crippen molar-refractivity contribution in [3.8, 4) is 0 Å². The van der Waals surface area contributed by atoms with E-state index in [1.165, 1.54) is 19.0 Å². The van der Waals surface area contributed by atoms with Crippen LogP contribution in [0.5, 0.6) is 0 Å². The number of hydrogen-bond acceptors (Lipinski definition) is 4. The average molecular weight is 299 g/mol. The summed E-state index contributed by atoms with van der Waals surface area (Å²) in [4.78, 5) is 13.2. The highest BCUT2D eigenvalue weighted by Crippen LogP contribution is 2.21. The number of hydrogen-bond donors (Lipinski definition) is 1. The zero-order valence-electron chi connectivity index (χ0n) is 12.5. The molecule has 7 heteroatoms. The van der Waals surface area contributed by atoms with Crippen LogP contribution in [0.25, 0.3) is 0 Å². The number of carbonyl (C=O) groups excluding carboxylic acids is 1. The molecule has 0 radical (unpaired) electrons. The van der Waals surface area contributed by atoms with Crippen LogP contribution in [0.2, 0.25) is 0 Å². The summed E-state index contributed by atoms with van der Waals surface area (Å²) in [5.74, 6) is -0.0785. The molecule has 0 aliphatic carbocycles. The van der Waals surface area contributed by atoms with Crippen molar-refractivity contribution in [3.05, 3.63) is 23.8 Å². The predicted octanol–water partition coefficient (Wildman–Crippen LogP) is 0.745. The predicted molar refractivity (Wildman–Crippen MR) is 79.2 cm³/mol. The SMILES string of the molecule is Cc1ccc(S(=O)(=O)N(C)C)cc1NCC(=O)N(C)C. The van der Waals surface area contributed by atoms with Gasteiger partial charge in [0.25, 0.3) is 0 Å². The third-order valence-corrected chi connectivity index (χ3v) is 4.73. The number of aryl methyl sites for hydroxylation is 1. The Morgan fingerprint density at radius 1 is 1.20 bits per heavy atom. The van der Waals surface area contributed by atoms with Crippen molar-refractivity contribution < 1.29 is 13.2 Å². The molecule has 0 spiro atoms. The highest BCUT2D eigenvalue weighted by molar-refractivity contribution is 7.89. The van der Waals surface area contributed by atoms with Crippen LogP contribution < -0.4 is 5.32 Å². The van der Waals surface area contributed by atoms with Crippen LogP contribution in [0, 0.1) is 6.92 Å². The van der Waals surface area contributed by atoms with Crippen molar-refractivity contribution >= 4 is 21.6 Å². The topological polar surface area (TPSA) is 69.7 Å². The van der Waals surface area contributed by atoms with Crippen molar-refractivity contribution in [2.45, 2.75) is 11.8 Å². The van der Waals surface area contributed by atoms with Gasteiger partial charge in [-0.3, -0.25) is 4.79 Å². The van der Waals surface area contributed by atoms with E-state index in [4.69, 9.17) is 0 Å². The molecule has 0 saturated heterocycles. The maximum atomic E-state index is 12.1. The Balaban J connectivity index is 3.02. The number of rotatable bonds is 5. The van der Waals surface area contributed by atoms with Gasteiger partial charge in [0.2, 0.25) is 15.9 Å².